The molecule has 2 fully saturated rings. The van der Waals surface area contributed by atoms with E-state index in [4.69, 9.17) is 4.74 Å². The maximum absolute atomic E-state index is 5.85. The Morgan fingerprint density at radius 1 is 1.56 bits per heavy atom. The van der Waals surface area contributed by atoms with Crippen LogP contribution in [0.1, 0.15) is 43.5 Å². The van der Waals surface area contributed by atoms with Crippen LogP contribution < -0.4 is 5.32 Å². The van der Waals surface area contributed by atoms with E-state index in [1.54, 1.807) is 0 Å². The molecular formula is C12H19N3O. The van der Waals surface area contributed by atoms with Crippen molar-refractivity contribution in [2.75, 3.05) is 0 Å². The van der Waals surface area contributed by atoms with Gasteiger partial charge in [-0.3, -0.25) is 5.10 Å². The van der Waals surface area contributed by atoms with Crippen molar-refractivity contribution in [3.8, 4) is 0 Å². The molecule has 0 saturated carbocycles. The zero-order valence-electron chi connectivity index (χ0n) is 9.86. The van der Waals surface area contributed by atoms with E-state index in [1.807, 2.05) is 6.20 Å². The Morgan fingerprint density at radius 3 is 3.00 bits per heavy atom. The molecule has 3 heterocycles. The Bertz CT molecular complexity index is 376. The third-order valence-electron chi connectivity index (χ3n) is 3.91. The monoisotopic (exact) mass is 221 g/mol. The second-order valence-corrected chi connectivity index (χ2v) is 5.05. The van der Waals surface area contributed by atoms with E-state index >= 15 is 0 Å². The molecule has 3 rings (SSSR count). The van der Waals surface area contributed by atoms with Gasteiger partial charge in [-0.1, -0.05) is 0 Å². The van der Waals surface area contributed by atoms with Crippen LogP contribution in [0.3, 0.4) is 0 Å². The van der Waals surface area contributed by atoms with Crippen molar-refractivity contribution < 1.29 is 4.74 Å². The van der Waals surface area contributed by atoms with Crippen LogP contribution in [0.4, 0.5) is 0 Å². The van der Waals surface area contributed by atoms with E-state index in [9.17, 15) is 0 Å². The minimum atomic E-state index is 0.353. The van der Waals surface area contributed by atoms with Gasteiger partial charge in [0.2, 0.25) is 0 Å². The molecule has 2 bridgehead atoms. The van der Waals surface area contributed by atoms with E-state index < -0.39 is 0 Å². The molecule has 4 nitrogen and oxygen atoms in total. The lowest BCUT2D eigenvalue weighted by atomic mass is 9.94. The SMILES string of the molecule is Cc1[nH]ncc1C(C)NC1CC2CCC1O2. The normalized spacial score (nSPS) is 34.5. The largest absolute Gasteiger partial charge is 0.373 e. The number of nitrogens with one attached hydrogen (secondary N) is 2. The summed E-state index contributed by atoms with van der Waals surface area (Å²) in [4.78, 5) is 0. The Morgan fingerprint density at radius 2 is 2.44 bits per heavy atom. The first kappa shape index (κ1) is 10.3. The number of nitrogens with zero attached hydrogens (tertiary/aromatic N) is 1. The van der Waals surface area contributed by atoms with Gasteiger partial charge in [0.15, 0.2) is 0 Å². The van der Waals surface area contributed by atoms with Crippen LogP contribution in [0, 0.1) is 6.92 Å². The fourth-order valence-electron chi connectivity index (χ4n) is 3.02. The zero-order valence-corrected chi connectivity index (χ0v) is 9.86. The summed E-state index contributed by atoms with van der Waals surface area (Å²) < 4.78 is 5.85. The fraction of sp³-hybridized carbons (Fsp3) is 0.750. The molecule has 0 amide bonds. The molecule has 4 unspecified atom stereocenters. The molecule has 0 radical (unpaired) electrons. The highest BCUT2D eigenvalue weighted by Crippen LogP contribution is 2.35. The second-order valence-electron chi connectivity index (χ2n) is 5.05. The second kappa shape index (κ2) is 3.86. The molecule has 2 aliphatic rings. The van der Waals surface area contributed by atoms with Gasteiger partial charge in [-0.2, -0.15) is 5.10 Å². The van der Waals surface area contributed by atoms with Crippen molar-refractivity contribution in [2.45, 2.75) is 57.4 Å². The van der Waals surface area contributed by atoms with Gasteiger partial charge in [-0.25, -0.2) is 0 Å². The average molecular weight is 221 g/mol. The highest BCUT2D eigenvalue weighted by Gasteiger charge is 2.41. The van der Waals surface area contributed by atoms with Crippen LogP contribution in [-0.2, 0) is 4.74 Å². The van der Waals surface area contributed by atoms with E-state index in [0.717, 1.165) is 5.69 Å². The third kappa shape index (κ3) is 1.66. The van der Waals surface area contributed by atoms with Gasteiger partial charge in [0, 0.05) is 23.3 Å². The summed E-state index contributed by atoms with van der Waals surface area (Å²) in [6, 6.07) is 0.884. The summed E-state index contributed by atoms with van der Waals surface area (Å²) in [5.41, 5.74) is 2.42. The molecule has 16 heavy (non-hydrogen) atoms. The smallest absolute Gasteiger partial charge is 0.0733 e. The fourth-order valence-corrected chi connectivity index (χ4v) is 3.02. The van der Waals surface area contributed by atoms with Crippen molar-refractivity contribution in [3.05, 3.63) is 17.5 Å². The summed E-state index contributed by atoms with van der Waals surface area (Å²) in [7, 11) is 0. The third-order valence-corrected chi connectivity index (χ3v) is 3.91. The number of H-pyrrole nitrogens is 1. The summed E-state index contributed by atoms with van der Waals surface area (Å²) in [5.74, 6) is 0. The van der Waals surface area contributed by atoms with E-state index in [0.29, 0.717) is 24.3 Å². The first-order chi connectivity index (χ1) is 7.74. The Hall–Kier alpha value is -0.870. The lowest BCUT2D eigenvalue weighted by Crippen LogP contribution is -2.39. The number of fused-ring (bicyclic) bond motifs is 2. The zero-order chi connectivity index (χ0) is 11.1. The van der Waals surface area contributed by atoms with Crippen LogP contribution in [0.25, 0.3) is 0 Å². The van der Waals surface area contributed by atoms with Crippen molar-refractivity contribution >= 4 is 0 Å². The van der Waals surface area contributed by atoms with Crippen LogP contribution in [-0.4, -0.2) is 28.4 Å². The first-order valence-electron chi connectivity index (χ1n) is 6.15. The maximum Gasteiger partial charge on any atom is 0.0733 e. The Labute approximate surface area is 95.8 Å². The summed E-state index contributed by atoms with van der Waals surface area (Å²) in [5, 5.41) is 10.7. The van der Waals surface area contributed by atoms with Gasteiger partial charge >= 0.3 is 0 Å². The summed E-state index contributed by atoms with van der Waals surface area (Å²) >= 11 is 0. The molecular weight excluding hydrogens is 202 g/mol. The molecule has 2 N–H and O–H groups in total. The topological polar surface area (TPSA) is 49.9 Å². The van der Waals surface area contributed by atoms with Gasteiger partial charge in [-0.05, 0) is 33.1 Å². The predicted molar refractivity (Wildman–Crippen MR) is 61.2 cm³/mol. The summed E-state index contributed by atoms with van der Waals surface area (Å²) in [6.45, 7) is 4.27. The van der Waals surface area contributed by atoms with E-state index in [-0.39, 0.29) is 0 Å². The molecule has 4 heteroatoms. The predicted octanol–water partition coefficient (Wildman–Crippen LogP) is 1.69. The van der Waals surface area contributed by atoms with Gasteiger partial charge in [0.1, 0.15) is 0 Å². The van der Waals surface area contributed by atoms with Gasteiger partial charge in [-0.15, -0.1) is 0 Å². The van der Waals surface area contributed by atoms with Crippen LogP contribution >= 0.6 is 0 Å². The molecule has 2 aliphatic heterocycles. The highest BCUT2D eigenvalue weighted by atomic mass is 16.5. The quantitative estimate of drug-likeness (QED) is 0.816. The molecule has 0 aromatic carbocycles. The minimum absolute atomic E-state index is 0.353. The number of aryl methyl sites for hydroxylation is 1. The van der Waals surface area contributed by atoms with E-state index in [2.05, 4.69) is 29.4 Å². The lowest BCUT2D eigenvalue weighted by molar-refractivity contribution is 0.0962. The average Bonchev–Trinajstić information content (AvgIpc) is 2.92. The van der Waals surface area contributed by atoms with Crippen LogP contribution in [0.15, 0.2) is 6.20 Å². The lowest BCUT2D eigenvalue weighted by Gasteiger charge is -2.24. The minimum Gasteiger partial charge on any atom is -0.373 e. The van der Waals surface area contributed by atoms with Crippen molar-refractivity contribution in [1.29, 1.82) is 0 Å². The van der Waals surface area contributed by atoms with Crippen molar-refractivity contribution in [2.24, 2.45) is 0 Å². The highest BCUT2D eigenvalue weighted by molar-refractivity contribution is 5.19. The van der Waals surface area contributed by atoms with Gasteiger partial charge in [0.05, 0.1) is 18.4 Å². The first-order valence-corrected chi connectivity index (χ1v) is 6.15. The van der Waals surface area contributed by atoms with Gasteiger partial charge in [0.25, 0.3) is 0 Å². The number of ether oxygens (including phenoxy) is 1. The molecule has 0 aliphatic carbocycles. The van der Waals surface area contributed by atoms with Crippen molar-refractivity contribution in [1.82, 2.24) is 15.5 Å². The standard InChI is InChI=1S/C12H19N3O/c1-7(10-6-13-15-8(10)2)14-11-5-9-3-4-12(11)16-9/h6-7,9,11-12,14H,3-5H2,1-2H3,(H,13,15). The molecule has 4 atom stereocenters. The number of aromatic nitrogens is 2. The Kier molecular flexibility index (Phi) is 2.48. The molecule has 88 valence electrons. The molecule has 0 spiro atoms. The number of aromatic amines is 1. The van der Waals surface area contributed by atoms with E-state index in [1.165, 1.54) is 24.8 Å². The molecule has 1 aromatic rings. The number of hydrogen-bond donors (Lipinski definition) is 2. The summed E-state index contributed by atoms with van der Waals surface area (Å²) in [6.07, 6.45) is 6.52. The Balaban J connectivity index is 1.65. The maximum atomic E-state index is 5.85. The number of hydrogen-bond acceptors (Lipinski definition) is 3. The van der Waals surface area contributed by atoms with Crippen LogP contribution in [0.5, 0.6) is 0 Å². The molecule has 2 saturated heterocycles. The van der Waals surface area contributed by atoms with Crippen LogP contribution in [0.2, 0.25) is 0 Å². The number of rotatable bonds is 3. The molecule has 1 aromatic heterocycles. The van der Waals surface area contributed by atoms with Crippen molar-refractivity contribution in [3.63, 3.8) is 0 Å². The van der Waals surface area contributed by atoms with Gasteiger partial charge < -0.3 is 10.1 Å².